The second-order valence-electron chi connectivity index (χ2n) is 7.05. The Bertz CT molecular complexity index is 968. The van der Waals surface area contributed by atoms with Crippen LogP contribution in [0.2, 0.25) is 0 Å². The van der Waals surface area contributed by atoms with Crippen LogP contribution >= 0.6 is 0 Å². The summed E-state index contributed by atoms with van der Waals surface area (Å²) in [6.45, 7) is 5.41. The number of carbonyl (C=O) groups is 1. The second-order valence-corrected chi connectivity index (χ2v) is 7.05. The summed E-state index contributed by atoms with van der Waals surface area (Å²) in [7, 11) is 0. The van der Waals surface area contributed by atoms with Crippen molar-refractivity contribution in [2.75, 3.05) is 13.1 Å². The highest BCUT2D eigenvalue weighted by Gasteiger charge is 2.58. The zero-order valence-corrected chi connectivity index (χ0v) is 14.3. The molecule has 0 aromatic carbocycles. The number of rotatable bonds is 2. The van der Waals surface area contributed by atoms with Gasteiger partial charge in [-0.1, -0.05) is 0 Å². The molecule has 1 amide bonds. The molecule has 4 heterocycles. The van der Waals surface area contributed by atoms with E-state index in [-0.39, 0.29) is 5.91 Å². The van der Waals surface area contributed by atoms with Crippen LogP contribution in [0.15, 0.2) is 36.7 Å². The van der Waals surface area contributed by atoms with E-state index in [4.69, 9.17) is 9.97 Å². The summed E-state index contributed by atoms with van der Waals surface area (Å²) in [6.07, 6.45) is 3.57. The van der Waals surface area contributed by atoms with Crippen molar-refractivity contribution >= 4 is 17.1 Å². The van der Waals surface area contributed by atoms with Crippen LogP contribution in [0.25, 0.3) is 22.4 Å². The summed E-state index contributed by atoms with van der Waals surface area (Å²) in [6, 6.07) is 8.42. The fraction of sp³-hybridized carbons (Fsp3) is 0.368. The van der Waals surface area contributed by atoms with Crippen molar-refractivity contribution < 1.29 is 4.79 Å². The minimum Gasteiger partial charge on any atom is -0.342 e. The first-order valence-corrected chi connectivity index (χ1v) is 8.65. The normalized spacial score (nSPS) is 24.6. The zero-order valence-electron chi connectivity index (χ0n) is 14.3. The summed E-state index contributed by atoms with van der Waals surface area (Å²) in [5.41, 5.74) is 3.87. The standard InChI is InChI=1S/C19H19N5O/c1-11-21-17-4-3-16(13-5-7-20-8-6-13)22-19(17)24(11)18-14-9-23(12(2)25)10-15(14)18/h3-8,14-15,18H,9-10H2,1-2H3/t14-,15+,18?. The van der Waals surface area contributed by atoms with E-state index >= 15 is 0 Å². The Labute approximate surface area is 145 Å². The fourth-order valence-corrected chi connectivity index (χ4v) is 4.26. The molecule has 1 saturated carbocycles. The molecule has 1 aliphatic heterocycles. The van der Waals surface area contributed by atoms with Gasteiger partial charge in [0.25, 0.3) is 0 Å². The number of amides is 1. The monoisotopic (exact) mass is 333 g/mol. The molecule has 0 radical (unpaired) electrons. The Balaban J connectivity index is 1.54. The number of fused-ring (bicyclic) bond motifs is 2. The molecule has 0 bridgehead atoms. The van der Waals surface area contributed by atoms with E-state index in [2.05, 4.69) is 9.55 Å². The fourth-order valence-electron chi connectivity index (χ4n) is 4.26. The largest absolute Gasteiger partial charge is 0.342 e. The highest BCUT2D eigenvalue weighted by atomic mass is 16.2. The number of likely N-dealkylation sites (tertiary alicyclic amines) is 1. The van der Waals surface area contributed by atoms with Crippen molar-refractivity contribution in [3.63, 3.8) is 0 Å². The third kappa shape index (κ3) is 2.17. The predicted octanol–water partition coefficient (Wildman–Crippen LogP) is 2.45. The maximum atomic E-state index is 11.6. The first-order valence-electron chi connectivity index (χ1n) is 8.65. The topological polar surface area (TPSA) is 63.9 Å². The molecule has 0 N–H and O–H groups in total. The van der Waals surface area contributed by atoms with Gasteiger partial charge in [0.15, 0.2) is 5.65 Å². The molecule has 6 nitrogen and oxygen atoms in total. The molecule has 6 heteroatoms. The Morgan fingerprint density at radius 1 is 1.08 bits per heavy atom. The maximum absolute atomic E-state index is 11.6. The molecule has 1 saturated heterocycles. The molecule has 126 valence electrons. The number of nitrogens with zero attached hydrogens (tertiary/aromatic N) is 5. The van der Waals surface area contributed by atoms with E-state index in [9.17, 15) is 4.79 Å². The van der Waals surface area contributed by atoms with Gasteiger partial charge in [0.2, 0.25) is 5.91 Å². The Morgan fingerprint density at radius 3 is 2.48 bits per heavy atom. The minimum absolute atomic E-state index is 0.177. The summed E-state index contributed by atoms with van der Waals surface area (Å²) in [5.74, 6) is 2.25. The van der Waals surface area contributed by atoms with E-state index < -0.39 is 0 Å². The van der Waals surface area contributed by atoms with E-state index in [1.807, 2.05) is 36.1 Å². The van der Waals surface area contributed by atoms with Crippen LogP contribution in [0.4, 0.5) is 0 Å². The number of imidazole rings is 1. The van der Waals surface area contributed by atoms with E-state index in [0.717, 1.165) is 41.3 Å². The number of carbonyl (C=O) groups excluding carboxylic acids is 1. The van der Waals surface area contributed by atoms with Gasteiger partial charge in [-0.15, -0.1) is 0 Å². The third-order valence-electron chi connectivity index (χ3n) is 5.58. The SMILES string of the molecule is CC(=O)N1C[C@@H]2C(n3c(C)nc4ccc(-c5ccncc5)nc43)[C@@H]2C1. The van der Waals surface area contributed by atoms with Crippen molar-refractivity contribution in [1.29, 1.82) is 0 Å². The van der Waals surface area contributed by atoms with Crippen LogP contribution in [-0.4, -0.2) is 43.4 Å². The van der Waals surface area contributed by atoms with Crippen LogP contribution in [0.5, 0.6) is 0 Å². The number of aromatic nitrogens is 4. The van der Waals surface area contributed by atoms with Gasteiger partial charge in [-0.3, -0.25) is 9.78 Å². The molecular formula is C19H19N5O. The van der Waals surface area contributed by atoms with Crippen molar-refractivity contribution in [1.82, 2.24) is 24.4 Å². The quantitative estimate of drug-likeness (QED) is 0.723. The third-order valence-corrected chi connectivity index (χ3v) is 5.58. The molecule has 5 rings (SSSR count). The molecule has 1 unspecified atom stereocenters. The molecule has 0 spiro atoms. The van der Waals surface area contributed by atoms with E-state index in [1.54, 1.807) is 19.3 Å². The number of hydrogen-bond acceptors (Lipinski definition) is 4. The van der Waals surface area contributed by atoms with E-state index in [1.165, 1.54) is 0 Å². The highest BCUT2D eigenvalue weighted by molar-refractivity contribution is 5.77. The number of aryl methyl sites for hydroxylation is 1. The smallest absolute Gasteiger partial charge is 0.219 e. The molecule has 2 aliphatic rings. The van der Waals surface area contributed by atoms with Gasteiger partial charge in [-0.2, -0.15) is 0 Å². The van der Waals surface area contributed by atoms with Crippen molar-refractivity contribution in [3.05, 3.63) is 42.5 Å². The van der Waals surface area contributed by atoms with Crippen LogP contribution in [0.3, 0.4) is 0 Å². The number of piperidine rings is 1. The first-order chi connectivity index (χ1) is 12.1. The van der Waals surface area contributed by atoms with Crippen molar-refractivity contribution in [2.24, 2.45) is 11.8 Å². The van der Waals surface area contributed by atoms with Gasteiger partial charge in [0.1, 0.15) is 11.3 Å². The van der Waals surface area contributed by atoms with Crippen molar-refractivity contribution in [2.45, 2.75) is 19.9 Å². The summed E-state index contributed by atoms with van der Waals surface area (Å²) in [5, 5.41) is 0. The Hall–Kier alpha value is -2.76. The van der Waals surface area contributed by atoms with Crippen LogP contribution in [0, 0.1) is 18.8 Å². The predicted molar refractivity (Wildman–Crippen MR) is 93.8 cm³/mol. The summed E-state index contributed by atoms with van der Waals surface area (Å²) in [4.78, 5) is 27.2. The number of pyridine rings is 2. The molecule has 1 aliphatic carbocycles. The molecule has 3 atom stereocenters. The average molecular weight is 333 g/mol. The van der Waals surface area contributed by atoms with Crippen molar-refractivity contribution in [3.8, 4) is 11.3 Å². The van der Waals surface area contributed by atoms with Crippen LogP contribution in [0.1, 0.15) is 18.8 Å². The lowest BCUT2D eigenvalue weighted by atomic mass is 10.2. The molecule has 3 aromatic rings. The lowest BCUT2D eigenvalue weighted by molar-refractivity contribution is -0.128. The van der Waals surface area contributed by atoms with Crippen LogP contribution < -0.4 is 0 Å². The summed E-state index contributed by atoms with van der Waals surface area (Å²) < 4.78 is 2.28. The zero-order chi connectivity index (χ0) is 17.1. The summed E-state index contributed by atoms with van der Waals surface area (Å²) >= 11 is 0. The molecular weight excluding hydrogens is 314 g/mol. The van der Waals surface area contributed by atoms with E-state index in [0.29, 0.717) is 17.9 Å². The van der Waals surface area contributed by atoms with Crippen LogP contribution in [-0.2, 0) is 4.79 Å². The molecule has 3 aromatic heterocycles. The lowest BCUT2D eigenvalue weighted by Crippen LogP contribution is -2.29. The highest BCUT2D eigenvalue weighted by Crippen LogP contribution is 2.56. The molecule has 2 fully saturated rings. The second kappa shape index (κ2) is 5.12. The van der Waals surface area contributed by atoms with Gasteiger partial charge in [0.05, 0.1) is 5.69 Å². The molecule has 25 heavy (non-hydrogen) atoms. The van der Waals surface area contributed by atoms with Gasteiger partial charge in [0, 0.05) is 55.8 Å². The minimum atomic E-state index is 0.177. The first kappa shape index (κ1) is 14.6. The van der Waals surface area contributed by atoms with Gasteiger partial charge < -0.3 is 9.47 Å². The van der Waals surface area contributed by atoms with Gasteiger partial charge in [-0.25, -0.2) is 9.97 Å². The Morgan fingerprint density at radius 2 is 1.80 bits per heavy atom. The number of hydrogen-bond donors (Lipinski definition) is 0. The average Bonchev–Trinajstić information content (AvgIpc) is 2.96. The Kier molecular flexibility index (Phi) is 2.98. The van der Waals surface area contributed by atoms with Gasteiger partial charge in [-0.05, 0) is 31.2 Å². The lowest BCUT2D eigenvalue weighted by Gasteiger charge is -2.19. The van der Waals surface area contributed by atoms with Gasteiger partial charge >= 0.3 is 0 Å². The maximum Gasteiger partial charge on any atom is 0.219 e.